The van der Waals surface area contributed by atoms with E-state index in [1.54, 1.807) is 24.3 Å². The molecule has 1 aromatic heterocycles. The fourth-order valence-corrected chi connectivity index (χ4v) is 2.29. The highest BCUT2D eigenvalue weighted by Gasteiger charge is 2.20. The van der Waals surface area contributed by atoms with Crippen molar-refractivity contribution in [2.24, 2.45) is 0 Å². The SMILES string of the molecule is CCCn1nc(C(=O)N[C@@H](CC(=O)O)c2ccccc2)ccc1=O. The van der Waals surface area contributed by atoms with E-state index in [1.165, 1.54) is 16.8 Å². The van der Waals surface area contributed by atoms with Crippen LogP contribution in [0, 0.1) is 0 Å². The average molecular weight is 329 g/mol. The summed E-state index contributed by atoms with van der Waals surface area (Å²) in [4.78, 5) is 35.1. The summed E-state index contributed by atoms with van der Waals surface area (Å²) in [6.45, 7) is 2.32. The fourth-order valence-electron chi connectivity index (χ4n) is 2.29. The molecule has 7 heteroatoms. The lowest BCUT2D eigenvalue weighted by molar-refractivity contribution is -0.137. The van der Waals surface area contributed by atoms with Crippen molar-refractivity contribution in [3.63, 3.8) is 0 Å². The Morgan fingerprint density at radius 1 is 1.21 bits per heavy atom. The summed E-state index contributed by atoms with van der Waals surface area (Å²) >= 11 is 0. The summed E-state index contributed by atoms with van der Waals surface area (Å²) in [6, 6.07) is 10.8. The Bertz CT molecular complexity index is 771. The molecule has 0 saturated carbocycles. The van der Waals surface area contributed by atoms with Crippen molar-refractivity contribution >= 4 is 11.9 Å². The first kappa shape index (κ1) is 17.4. The molecule has 24 heavy (non-hydrogen) atoms. The second-order valence-corrected chi connectivity index (χ2v) is 5.31. The van der Waals surface area contributed by atoms with Gasteiger partial charge in [-0.2, -0.15) is 5.10 Å². The number of carboxylic acids is 1. The van der Waals surface area contributed by atoms with Gasteiger partial charge in [-0.1, -0.05) is 37.3 Å². The molecule has 0 bridgehead atoms. The van der Waals surface area contributed by atoms with Gasteiger partial charge in [0.15, 0.2) is 0 Å². The maximum absolute atomic E-state index is 12.4. The lowest BCUT2D eigenvalue weighted by Gasteiger charge is -2.17. The number of aliphatic carboxylic acids is 1. The van der Waals surface area contributed by atoms with Crippen LogP contribution < -0.4 is 10.9 Å². The predicted octanol–water partition coefficient (Wildman–Crippen LogP) is 1.60. The van der Waals surface area contributed by atoms with E-state index in [1.807, 2.05) is 13.0 Å². The van der Waals surface area contributed by atoms with Gasteiger partial charge in [0, 0.05) is 12.6 Å². The molecule has 0 aliphatic carbocycles. The number of benzene rings is 1. The van der Waals surface area contributed by atoms with Gasteiger partial charge in [-0.05, 0) is 18.1 Å². The number of rotatable bonds is 7. The van der Waals surface area contributed by atoms with Gasteiger partial charge in [-0.25, -0.2) is 4.68 Å². The molecule has 0 unspecified atom stereocenters. The van der Waals surface area contributed by atoms with Crippen LogP contribution in [0.1, 0.15) is 41.9 Å². The molecule has 1 atom stereocenters. The van der Waals surface area contributed by atoms with Crippen molar-refractivity contribution < 1.29 is 14.7 Å². The third kappa shape index (κ3) is 4.52. The number of nitrogens with one attached hydrogen (secondary N) is 1. The van der Waals surface area contributed by atoms with Gasteiger partial charge in [0.2, 0.25) is 0 Å². The lowest BCUT2D eigenvalue weighted by atomic mass is 10.0. The predicted molar refractivity (Wildman–Crippen MR) is 87.7 cm³/mol. The molecule has 0 aliphatic rings. The Morgan fingerprint density at radius 3 is 2.54 bits per heavy atom. The van der Waals surface area contributed by atoms with Crippen LogP contribution in [0.2, 0.25) is 0 Å². The van der Waals surface area contributed by atoms with Crippen LogP contribution in [-0.2, 0) is 11.3 Å². The maximum atomic E-state index is 12.4. The van der Waals surface area contributed by atoms with E-state index in [2.05, 4.69) is 10.4 Å². The van der Waals surface area contributed by atoms with E-state index in [0.29, 0.717) is 18.5 Å². The topological polar surface area (TPSA) is 101 Å². The lowest BCUT2D eigenvalue weighted by Crippen LogP contribution is -2.33. The smallest absolute Gasteiger partial charge is 0.305 e. The Morgan fingerprint density at radius 2 is 1.92 bits per heavy atom. The summed E-state index contributed by atoms with van der Waals surface area (Å²) in [6.07, 6.45) is 0.466. The molecule has 2 aromatic rings. The molecule has 0 aliphatic heterocycles. The second-order valence-electron chi connectivity index (χ2n) is 5.31. The maximum Gasteiger partial charge on any atom is 0.305 e. The van der Waals surface area contributed by atoms with Gasteiger partial charge in [0.05, 0.1) is 12.5 Å². The fraction of sp³-hybridized carbons (Fsp3) is 0.294. The molecule has 7 nitrogen and oxygen atoms in total. The van der Waals surface area contributed by atoms with Gasteiger partial charge in [0.1, 0.15) is 5.69 Å². The monoisotopic (exact) mass is 329 g/mol. The summed E-state index contributed by atoms with van der Waals surface area (Å²) in [5.41, 5.74) is 0.489. The van der Waals surface area contributed by atoms with Gasteiger partial charge < -0.3 is 10.4 Å². The van der Waals surface area contributed by atoms with E-state index in [9.17, 15) is 14.4 Å². The first-order chi connectivity index (χ1) is 11.5. The quantitative estimate of drug-likeness (QED) is 0.803. The number of nitrogens with zero attached hydrogens (tertiary/aromatic N) is 2. The summed E-state index contributed by atoms with van der Waals surface area (Å²) in [5.74, 6) is -1.54. The van der Waals surface area contributed by atoms with Crippen LogP contribution in [0.4, 0.5) is 0 Å². The Kier molecular flexibility index (Phi) is 5.83. The molecule has 0 fully saturated rings. The van der Waals surface area contributed by atoms with Crippen LogP contribution in [-0.4, -0.2) is 26.8 Å². The highest BCUT2D eigenvalue weighted by molar-refractivity contribution is 5.92. The molecule has 0 radical (unpaired) electrons. The van der Waals surface area contributed by atoms with Crippen molar-refractivity contribution in [1.29, 1.82) is 0 Å². The number of aryl methyl sites for hydroxylation is 1. The van der Waals surface area contributed by atoms with Crippen LogP contribution >= 0.6 is 0 Å². The molecule has 1 amide bonds. The van der Waals surface area contributed by atoms with Crippen LogP contribution in [0.25, 0.3) is 0 Å². The highest BCUT2D eigenvalue weighted by atomic mass is 16.4. The van der Waals surface area contributed by atoms with Gasteiger partial charge in [-0.3, -0.25) is 14.4 Å². The number of aromatic nitrogens is 2. The number of carbonyl (C=O) groups excluding carboxylic acids is 1. The minimum Gasteiger partial charge on any atom is -0.481 e. The van der Waals surface area contributed by atoms with Crippen LogP contribution in [0.5, 0.6) is 0 Å². The van der Waals surface area contributed by atoms with Gasteiger partial charge in [0.25, 0.3) is 11.5 Å². The Balaban J connectivity index is 2.23. The third-order valence-electron chi connectivity index (χ3n) is 3.42. The number of hydrogen-bond donors (Lipinski definition) is 2. The minimum atomic E-state index is -1.02. The largest absolute Gasteiger partial charge is 0.481 e. The second kappa shape index (κ2) is 8.05. The highest BCUT2D eigenvalue weighted by Crippen LogP contribution is 2.17. The first-order valence-electron chi connectivity index (χ1n) is 7.67. The zero-order valence-electron chi connectivity index (χ0n) is 13.3. The summed E-state index contributed by atoms with van der Waals surface area (Å²) in [5, 5.41) is 15.8. The zero-order valence-corrected chi connectivity index (χ0v) is 13.3. The molecular formula is C17H19N3O4. The molecular weight excluding hydrogens is 310 g/mol. The van der Waals surface area contributed by atoms with Crippen LogP contribution in [0.3, 0.4) is 0 Å². The number of carboxylic acid groups (broad SMARTS) is 1. The van der Waals surface area contributed by atoms with Crippen molar-refractivity contribution in [2.45, 2.75) is 32.4 Å². The van der Waals surface area contributed by atoms with Crippen molar-refractivity contribution in [1.82, 2.24) is 15.1 Å². The molecule has 126 valence electrons. The van der Waals surface area contributed by atoms with Crippen molar-refractivity contribution in [3.05, 3.63) is 64.1 Å². The van der Waals surface area contributed by atoms with Crippen molar-refractivity contribution in [3.8, 4) is 0 Å². The molecule has 1 heterocycles. The third-order valence-corrected chi connectivity index (χ3v) is 3.42. The average Bonchev–Trinajstić information content (AvgIpc) is 2.56. The van der Waals surface area contributed by atoms with Crippen molar-refractivity contribution in [2.75, 3.05) is 0 Å². The van der Waals surface area contributed by atoms with E-state index < -0.39 is 17.9 Å². The minimum absolute atomic E-state index is 0.0781. The van der Waals surface area contributed by atoms with E-state index in [4.69, 9.17) is 5.11 Å². The Labute approximate surface area is 138 Å². The van der Waals surface area contributed by atoms with Crippen LogP contribution in [0.15, 0.2) is 47.3 Å². The number of hydrogen-bond acceptors (Lipinski definition) is 4. The normalized spacial score (nSPS) is 11.7. The zero-order chi connectivity index (χ0) is 17.5. The summed E-state index contributed by atoms with van der Waals surface area (Å²) < 4.78 is 1.23. The first-order valence-corrected chi connectivity index (χ1v) is 7.67. The Hall–Kier alpha value is -2.96. The number of amides is 1. The standard InChI is InChI=1S/C17H19N3O4/c1-2-10-20-15(21)9-8-13(19-20)17(24)18-14(11-16(22)23)12-6-4-3-5-7-12/h3-9,14H,2,10-11H2,1H3,(H,18,24)(H,22,23)/t14-/m0/s1. The molecule has 0 spiro atoms. The van der Waals surface area contributed by atoms with Gasteiger partial charge in [-0.15, -0.1) is 0 Å². The molecule has 1 aromatic carbocycles. The molecule has 2 N–H and O–H groups in total. The molecule has 2 rings (SSSR count). The molecule has 0 saturated heterocycles. The number of carbonyl (C=O) groups is 2. The van der Waals surface area contributed by atoms with E-state index in [-0.39, 0.29) is 17.7 Å². The summed E-state index contributed by atoms with van der Waals surface area (Å²) in [7, 11) is 0. The van der Waals surface area contributed by atoms with E-state index in [0.717, 1.165) is 0 Å². The van der Waals surface area contributed by atoms with Gasteiger partial charge >= 0.3 is 5.97 Å². The van der Waals surface area contributed by atoms with E-state index >= 15 is 0 Å².